The molecule has 3 heteroatoms. The Bertz CT molecular complexity index is 941. The van der Waals surface area contributed by atoms with Crippen LogP contribution in [-0.4, -0.2) is 11.6 Å². The van der Waals surface area contributed by atoms with E-state index in [4.69, 9.17) is 0 Å². The number of amides is 1. The minimum atomic E-state index is -0.264. The molecular weight excluding hydrogens is 356 g/mol. The minimum Gasteiger partial charge on any atom is -0.273 e. The minimum absolute atomic E-state index is 0.0118. The molecule has 1 aliphatic carbocycles. The highest BCUT2D eigenvalue weighted by Crippen LogP contribution is 2.58. The zero-order valence-electron chi connectivity index (χ0n) is 16.7. The maximum atomic E-state index is 13.1. The van der Waals surface area contributed by atoms with Crippen LogP contribution in [0.25, 0.3) is 0 Å². The van der Waals surface area contributed by atoms with Gasteiger partial charge in [-0.15, -0.1) is 0 Å². The van der Waals surface area contributed by atoms with Gasteiger partial charge in [0.05, 0.1) is 11.6 Å². The van der Waals surface area contributed by atoms with Gasteiger partial charge in [-0.1, -0.05) is 104 Å². The van der Waals surface area contributed by atoms with Gasteiger partial charge >= 0.3 is 0 Å². The molecule has 0 bridgehead atoms. The van der Waals surface area contributed by atoms with Crippen LogP contribution in [0.3, 0.4) is 0 Å². The van der Waals surface area contributed by atoms with Gasteiger partial charge in [0.25, 0.3) is 0 Å². The summed E-state index contributed by atoms with van der Waals surface area (Å²) in [6.07, 6.45) is 2.61. The Hall–Kier alpha value is -3.20. The van der Waals surface area contributed by atoms with E-state index in [0.29, 0.717) is 0 Å². The fourth-order valence-electron chi connectivity index (χ4n) is 4.19. The highest BCUT2D eigenvalue weighted by molar-refractivity contribution is 6.01. The standard InChI is InChI=1S/C26H26N2O/c1-2-12-24(20-13-6-3-7-14-20)27-28-25(29)23-19-26(23,21-15-8-4-9-16-21)22-17-10-5-11-18-22/h3-11,13-18,23H,2,12,19H2,1H3,(H,28,29)/b27-24+. The number of hydrogen-bond acceptors (Lipinski definition) is 2. The van der Waals surface area contributed by atoms with Crippen LogP contribution in [0.5, 0.6) is 0 Å². The molecule has 0 saturated heterocycles. The zero-order valence-corrected chi connectivity index (χ0v) is 16.7. The van der Waals surface area contributed by atoms with Crippen LogP contribution in [0.1, 0.15) is 42.9 Å². The normalized spacial score (nSPS) is 17.6. The molecule has 1 atom stereocenters. The molecule has 1 saturated carbocycles. The number of rotatable bonds is 7. The topological polar surface area (TPSA) is 41.5 Å². The van der Waals surface area contributed by atoms with Gasteiger partial charge < -0.3 is 0 Å². The molecule has 0 aliphatic heterocycles. The summed E-state index contributed by atoms with van der Waals surface area (Å²) in [5.41, 5.74) is 6.96. The lowest BCUT2D eigenvalue weighted by Gasteiger charge is -2.18. The average Bonchev–Trinajstić information content (AvgIpc) is 3.55. The van der Waals surface area contributed by atoms with E-state index >= 15 is 0 Å². The third-order valence-electron chi connectivity index (χ3n) is 5.75. The van der Waals surface area contributed by atoms with Gasteiger partial charge in [-0.3, -0.25) is 4.79 Å². The molecule has 3 nitrogen and oxygen atoms in total. The van der Waals surface area contributed by atoms with Crippen molar-refractivity contribution in [3.63, 3.8) is 0 Å². The fraction of sp³-hybridized carbons (Fsp3) is 0.231. The van der Waals surface area contributed by atoms with Crippen molar-refractivity contribution in [2.24, 2.45) is 11.0 Å². The highest BCUT2D eigenvalue weighted by Gasteiger charge is 2.60. The maximum absolute atomic E-state index is 13.1. The van der Waals surface area contributed by atoms with E-state index in [-0.39, 0.29) is 17.2 Å². The SMILES string of the molecule is CCC/C(=N\NC(=O)C1CC1(c1ccccc1)c1ccccc1)c1ccccc1. The van der Waals surface area contributed by atoms with E-state index in [9.17, 15) is 4.79 Å². The number of hydrogen-bond donors (Lipinski definition) is 1. The smallest absolute Gasteiger partial charge is 0.244 e. The molecular formula is C26H26N2O. The lowest BCUT2D eigenvalue weighted by atomic mass is 9.85. The second-order valence-corrected chi connectivity index (χ2v) is 7.61. The highest BCUT2D eigenvalue weighted by atomic mass is 16.2. The van der Waals surface area contributed by atoms with E-state index in [1.165, 1.54) is 11.1 Å². The van der Waals surface area contributed by atoms with Gasteiger partial charge in [-0.05, 0) is 29.5 Å². The lowest BCUT2D eigenvalue weighted by molar-refractivity contribution is -0.122. The number of carbonyl (C=O) groups is 1. The largest absolute Gasteiger partial charge is 0.273 e. The van der Waals surface area contributed by atoms with Crippen LogP contribution >= 0.6 is 0 Å². The third kappa shape index (κ3) is 3.86. The molecule has 3 aromatic rings. The first-order valence-corrected chi connectivity index (χ1v) is 10.3. The van der Waals surface area contributed by atoms with Crippen molar-refractivity contribution in [1.82, 2.24) is 5.43 Å². The van der Waals surface area contributed by atoms with Crippen molar-refractivity contribution in [3.05, 3.63) is 108 Å². The molecule has 29 heavy (non-hydrogen) atoms. The predicted molar refractivity (Wildman–Crippen MR) is 118 cm³/mol. The van der Waals surface area contributed by atoms with E-state index in [1.807, 2.05) is 66.7 Å². The second-order valence-electron chi connectivity index (χ2n) is 7.61. The Morgan fingerprint density at radius 2 is 1.41 bits per heavy atom. The molecule has 0 heterocycles. The van der Waals surface area contributed by atoms with Crippen LogP contribution in [0.4, 0.5) is 0 Å². The van der Waals surface area contributed by atoms with Gasteiger partial charge in [0.15, 0.2) is 0 Å². The molecule has 0 aromatic heterocycles. The summed E-state index contributed by atoms with van der Waals surface area (Å²) in [7, 11) is 0. The fourth-order valence-corrected chi connectivity index (χ4v) is 4.19. The van der Waals surface area contributed by atoms with Crippen molar-refractivity contribution in [1.29, 1.82) is 0 Å². The Morgan fingerprint density at radius 3 is 1.93 bits per heavy atom. The third-order valence-corrected chi connectivity index (χ3v) is 5.75. The Balaban J connectivity index is 1.59. The van der Waals surface area contributed by atoms with Gasteiger partial charge in [0.2, 0.25) is 5.91 Å². The summed E-state index contributed by atoms with van der Waals surface area (Å²) >= 11 is 0. The first-order chi connectivity index (χ1) is 14.3. The summed E-state index contributed by atoms with van der Waals surface area (Å²) in [5.74, 6) is -0.128. The monoisotopic (exact) mass is 382 g/mol. The molecule has 1 amide bonds. The summed E-state index contributed by atoms with van der Waals surface area (Å²) in [4.78, 5) is 13.1. The van der Waals surface area contributed by atoms with Crippen LogP contribution in [-0.2, 0) is 10.2 Å². The van der Waals surface area contributed by atoms with Crippen molar-refractivity contribution >= 4 is 11.6 Å². The summed E-state index contributed by atoms with van der Waals surface area (Å²) in [6, 6.07) is 30.7. The lowest BCUT2D eigenvalue weighted by Crippen LogP contribution is -2.26. The van der Waals surface area contributed by atoms with Gasteiger partial charge in [0.1, 0.15) is 0 Å². The maximum Gasteiger partial charge on any atom is 0.244 e. The predicted octanol–water partition coefficient (Wildman–Crippen LogP) is 5.31. The van der Waals surface area contributed by atoms with Crippen LogP contribution in [0.2, 0.25) is 0 Å². The van der Waals surface area contributed by atoms with E-state index < -0.39 is 0 Å². The average molecular weight is 383 g/mol. The molecule has 0 spiro atoms. The Labute approximate surface area is 172 Å². The van der Waals surface area contributed by atoms with E-state index in [0.717, 1.165) is 30.5 Å². The van der Waals surface area contributed by atoms with Crippen LogP contribution < -0.4 is 5.43 Å². The number of nitrogens with one attached hydrogen (secondary N) is 1. The van der Waals surface area contributed by atoms with Crippen LogP contribution in [0, 0.1) is 5.92 Å². The first-order valence-electron chi connectivity index (χ1n) is 10.3. The number of benzene rings is 3. The van der Waals surface area contributed by atoms with Crippen molar-refractivity contribution in [2.45, 2.75) is 31.6 Å². The van der Waals surface area contributed by atoms with Gasteiger partial charge in [-0.25, -0.2) is 5.43 Å². The van der Waals surface area contributed by atoms with Crippen molar-refractivity contribution in [2.75, 3.05) is 0 Å². The van der Waals surface area contributed by atoms with E-state index in [2.05, 4.69) is 41.7 Å². The summed E-state index contributed by atoms with van der Waals surface area (Å²) in [6.45, 7) is 2.12. The summed E-state index contributed by atoms with van der Waals surface area (Å²) < 4.78 is 0. The number of carbonyl (C=O) groups excluding carboxylic acids is 1. The first kappa shape index (κ1) is 19.1. The molecule has 1 fully saturated rings. The molecule has 1 unspecified atom stereocenters. The van der Waals surface area contributed by atoms with Gasteiger partial charge in [0, 0.05) is 5.41 Å². The molecule has 1 aliphatic rings. The number of nitrogens with zero attached hydrogens (tertiary/aromatic N) is 1. The molecule has 3 aromatic carbocycles. The summed E-state index contributed by atoms with van der Waals surface area (Å²) in [5, 5.41) is 4.51. The number of hydrazone groups is 1. The zero-order chi connectivity index (χ0) is 20.1. The Morgan fingerprint density at radius 1 is 0.897 bits per heavy atom. The second kappa shape index (κ2) is 8.44. The molecule has 1 N–H and O–H groups in total. The van der Waals surface area contributed by atoms with Crippen LogP contribution in [0.15, 0.2) is 96.1 Å². The van der Waals surface area contributed by atoms with E-state index in [1.54, 1.807) is 0 Å². The Kier molecular flexibility index (Phi) is 5.57. The quantitative estimate of drug-likeness (QED) is 0.436. The molecule has 0 radical (unpaired) electrons. The molecule has 4 rings (SSSR count). The van der Waals surface area contributed by atoms with Crippen molar-refractivity contribution in [3.8, 4) is 0 Å². The van der Waals surface area contributed by atoms with Crippen molar-refractivity contribution < 1.29 is 4.79 Å². The van der Waals surface area contributed by atoms with Gasteiger partial charge in [-0.2, -0.15) is 5.10 Å². The molecule has 146 valence electrons.